The van der Waals surface area contributed by atoms with Crippen molar-refractivity contribution in [3.8, 4) is 0 Å². The first-order valence-corrected chi connectivity index (χ1v) is 6.46. The lowest BCUT2D eigenvalue weighted by Gasteiger charge is -2.45. The molecule has 0 spiro atoms. The molecule has 0 heterocycles. The Kier molecular flexibility index (Phi) is 5.59. The highest BCUT2D eigenvalue weighted by Gasteiger charge is 2.49. The Bertz CT molecular complexity index is 284. The second-order valence-electron chi connectivity index (χ2n) is 5.18. The topological polar surface area (TPSA) is 116 Å². The number of likely N-dealkylation sites (N-methyl/N-ethyl adjacent to an activating group) is 1. The predicted octanol–water partition coefficient (Wildman–Crippen LogP) is -0.590. The minimum atomic E-state index is -1.31. The Morgan fingerprint density at radius 1 is 1.44 bits per heavy atom. The van der Waals surface area contributed by atoms with Gasteiger partial charge in [0.25, 0.3) is 0 Å². The maximum atomic E-state index is 11.5. The Balaban J connectivity index is 2.52. The van der Waals surface area contributed by atoms with Gasteiger partial charge in [0.2, 0.25) is 0 Å². The molecule has 7 heteroatoms. The number of unbranched alkanes of at least 4 members (excludes halogenated alkanes) is 1. The SMILES string of the molecule is CNC(CCCCB(O)O)(C(=O)O)C1CC(N)C1. The van der Waals surface area contributed by atoms with Gasteiger partial charge < -0.3 is 26.2 Å². The summed E-state index contributed by atoms with van der Waals surface area (Å²) in [5.41, 5.74) is 4.81. The van der Waals surface area contributed by atoms with E-state index in [2.05, 4.69) is 5.32 Å². The number of carboxylic acids is 1. The molecular formula is C11H23BN2O4. The molecule has 1 unspecified atom stereocenters. The first kappa shape index (κ1) is 15.4. The van der Waals surface area contributed by atoms with Crippen LogP contribution in [0, 0.1) is 5.92 Å². The number of rotatable bonds is 8. The van der Waals surface area contributed by atoms with E-state index in [4.69, 9.17) is 15.8 Å². The van der Waals surface area contributed by atoms with Crippen molar-refractivity contribution in [2.45, 2.75) is 50.0 Å². The molecule has 6 nitrogen and oxygen atoms in total. The van der Waals surface area contributed by atoms with E-state index in [1.54, 1.807) is 7.05 Å². The van der Waals surface area contributed by atoms with E-state index in [0.717, 1.165) is 12.8 Å². The molecule has 1 saturated carbocycles. The largest absolute Gasteiger partial charge is 0.480 e. The van der Waals surface area contributed by atoms with Crippen molar-refractivity contribution in [2.75, 3.05) is 7.05 Å². The van der Waals surface area contributed by atoms with Gasteiger partial charge in [-0.05, 0) is 38.5 Å². The number of hydrogen-bond donors (Lipinski definition) is 5. The molecule has 1 rings (SSSR count). The fraction of sp³-hybridized carbons (Fsp3) is 0.909. The van der Waals surface area contributed by atoms with Crippen molar-refractivity contribution in [1.82, 2.24) is 5.32 Å². The lowest BCUT2D eigenvalue weighted by Crippen LogP contribution is -2.61. The van der Waals surface area contributed by atoms with Crippen LogP contribution in [-0.4, -0.2) is 46.9 Å². The first-order valence-electron chi connectivity index (χ1n) is 6.46. The fourth-order valence-electron chi connectivity index (χ4n) is 2.72. The number of hydrogen-bond acceptors (Lipinski definition) is 5. The van der Waals surface area contributed by atoms with Gasteiger partial charge in [-0.1, -0.05) is 12.8 Å². The summed E-state index contributed by atoms with van der Waals surface area (Å²) in [6.07, 6.45) is 3.49. The number of carbonyl (C=O) groups is 1. The normalized spacial score (nSPS) is 26.2. The monoisotopic (exact) mass is 258 g/mol. The van der Waals surface area contributed by atoms with Crippen molar-refractivity contribution in [2.24, 2.45) is 11.7 Å². The third-order valence-corrected chi connectivity index (χ3v) is 3.98. The molecule has 0 bridgehead atoms. The van der Waals surface area contributed by atoms with E-state index >= 15 is 0 Å². The van der Waals surface area contributed by atoms with Crippen LogP contribution in [0.15, 0.2) is 0 Å². The van der Waals surface area contributed by atoms with Crippen LogP contribution in [0.3, 0.4) is 0 Å². The Hall–Kier alpha value is -0.625. The van der Waals surface area contributed by atoms with Crippen molar-refractivity contribution in [1.29, 1.82) is 0 Å². The lowest BCUT2D eigenvalue weighted by molar-refractivity contribution is -0.149. The van der Waals surface area contributed by atoms with Crippen LogP contribution in [0.5, 0.6) is 0 Å². The Labute approximate surface area is 108 Å². The first-order chi connectivity index (χ1) is 8.42. The van der Waals surface area contributed by atoms with Gasteiger partial charge in [-0.3, -0.25) is 4.79 Å². The van der Waals surface area contributed by atoms with E-state index < -0.39 is 18.6 Å². The molecule has 0 aromatic carbocycles. The standard InChI is InChI=1S/C11H23BN2O4/c1-14-11(10(15)16,8-6-9(13)7-8)4-2-3-5-12(17)18/h8-9,14,17-18H,2-7,13H2,1H3,(H,15,16). The maximum absolute atomic E-state index is 11.5. The predicted molar refractivity (Wildman–Crippen MR) is 69.0 cm³/mol. The van der Waals surface area contributed by atoms with Crippen LogP contribution in [-0.2, 0) is 4.79 Å². The van der Waals surface area contributed by atoms with E-state index in [1.807, 2.05) is 0 Å². The highest BCUT2D eigenvalue weighted by molar-refractivity contribution is 6.40. The van der Waals surface area contributed by atoms with Crippen LogP contribution in [0.25, 0.3) is 0 Å². The molecule has 1 aliphatic carbocycles. The molecule has 1 atom stereocenters. The summed E-state index contributed by atoms with van der Waals surface area (Å²) in [5.74, 6) is -0.777. The van der Waals surface area contributed by atoms with E-state index in [0.29, 0.717) is 19.3 Å². The zero-order chi connectivity index (χ0) is 13.8. The smallest absolute Gasteiger partial charge is 0.451 e. The molecule has 0 aliphatic heterocycles. The minimum absolute atomic E-state index is 0.0639. The molecule has 104 valence electrons. The molecule has 18 heavy (non-hydrogen) atoms. The summed E-state index contributed by atoms with van der Waals surface area (Å²) in [4.78, 5) is 11.5. The highest BCUT2D eigenvalue weighted by Crippen LogP contribution is 2.38. The lowest BCUT2D eigenvalue weighted by atomic mass is 9.66. The third kappa shape index (κ3) is 3.44. The molecule has 0 aromatic rings. The van der Waals surface area contributed by atoms with E-state index in [1.165, 1.54) is 0 Å². The summed E-state index contributed by atoms with van der Waals surface area (Å²) in [7, 11) is 0.356. The molecule has 6 N–H and O–H groups in total. The summed E-state index contributed by atoms with van der Waals surface area (Å²) < 4.78 is 0. The van der Waals surface area contributed by atoms with Gasteiger partial charge in [0.15, 0.2) is 0 Å². The second-order valence-corrected chi connectivity index (χ2v) is 5.18. The van der Waals surface area contributed by atoms with Gasteiger partial charge in [-0.15, -0.1) is 0 Å². The van der Waals surface area contributed by atoms with E-state index in [-0.39, 0.29) is 18.3 Å². The highest BCUT2D eigenvalue weighted by atomic mass is 16.4. The quantitative estimate of drug-likeness (QED) is 0.293. The van der Waals surface area contributed by atoms with Crippen LogP contribution in [0.2, 0.25) is 6.32 Å². The average Bonchev–Trinajstić information content (AvgIpc) is 2.25. The summed E-state index contributed by atoms with van der Waals surface area (Å²) in [6.45, 7) is 0. The maximum Gasteiger partial charge on any atom is 0.451 e. The summed E-state index contributed by atoms with van der Waals surface area (Å²) in [6, 6.07) is 0.112. The number of aliphatic carboxylic acids is 1. The molecule has 1 fully saturated rings. The second kappa shape index (κ2) is 6.52. The van der Waals surface area contributed by atoms with Crippen LogP contribution >= 0.6 is 0 Å². The van der Waals surface area contributed by atoms with Gasteiger partial charge in [0, 0.05) is 6.04 Å². The third-order valence-electron chi connectivity index (χ3n) is 3.98. The molecule has 0 amide bonds. The van der Waals surface area contributed by atoms with Gasteiger partial charge in [-0.25, -0.2) is 0 Å². The van der Waals surface area contributed by atoms with Crippen molar-refractivity contribution in [3.05, 3.63) is 0 Å². The fourth-order valence-corrected chi connectivity index (χ4v) is 2.72. The minimum Gasteiger partial charge on any atom is -0.480 e. The number of carboxylic acid groups (broad SMARTS) is 1. The number of nitrogens with two attached hydrogens (primary N) is 1. The zero-order valence-electron chi connectivity index (χ0n) is 10.8. The van der Waals surface area contributed by atoms with E-state index in [9.17, 15) is 9.90 Å². The summed E-state index contributed by atoms with van der Waals surface area (Å²) >= 11 is 0. The van der Waals surface area contributed by atoms with Gasteiger partial charge in [0.1, 0.15) is 5.54 Å². The Morgan fingerprint density at radius 2 is 2.06 bits per heavy atom. The molecule has 0 saturated heterocycles. The molecular weight excluding hydrogens is 235 g/mol. The van der Waals surface area contributed by atoms with Crippen LogP contribution in [0.1, 0.15) is 32.1 Å². The van der Waals surface area contributed by atoms with Crippen molar-refractivity contribution in [3.63, 3.8) is 0 Å². The summed E-state index contributed by atoms with van der Waals surface area (Å²) in [5, 5.41) is 29.9. The van der Waals surface area contributed by atoms with Gasteiger partial charge in [0.05, 0.1) is 0 Å². The zero-order valence-corrected chi connectivity index (χ0v) is 10.8. The van der Waals surface area contributed by atoms with Crippen molar-refractivity contribution >= 4 is 13.1 Å². The van der Waals surface area contributed by atoms with Gasteiger partial charge in [-0.2, -0.15) is 0 Å². The average molecular weight is 258 g/mol. The van der Waals surface area contributed by atoms with Crippen molar-refractivity contribution < 1.29 is 19.9 Å². The van der Waals surface area contributed by atoms with Crippen LogP contribution < -0.4 is 11.1 Å². The molecule has 1 aliphatic rings. The van der Waals surface area contributed by atoms with Gasteiger partial charge >= 0.3 is 13.1 Å². The Morgan fingerprint density at radius 3 is 2.44 bits per heavy atom. The molecule has 0 radical (unpaired) electrons. The van der Waals surface area contributed by atoms with Crippen LogP contribution in [0.4, 0.5) is 0 Å². The number of nitrogens with one attached hydrogen (secondary N) is 1. The molecule has 0 aromatic heterocycles.